The molecule has 0 fully saturated rings. The van der Waals surface area contributed by atoms with Crippen molar-refractivity contribution in [3.63, 3.8) is 0 Å². The molecule has 0 atom stereocenters. The number of hydrogen-bond acceptors (Lipinski definition) is 1. The standard InChI is InChI=1S/C13H8F4O/c14-10-3-7(1-2-8(10)6-18)9-4-12(16)13(17)5-11(9)15/h1-5,18H,6H2. The SMILES string of the molecule is OCc1ccc(-c2cc(F)c(F)cc2F)cc1F. The molecule has 0 aliphatic heterocycles. The van der Waals surface area contributed by atoms with Crippen LogP contribution >= 0.6 is 0 Å². The Labute approximate surface area is 100 Å². The van der Waals surface area contributed by atoms with Gasteiger partial charge in [-0.05, 0) is 17.7 Å². The molecular weight excluding hydrogens is 248 g/mol. The largest absolute Gasteiger partial charge is 0.392 e. The first-order valence-electron chi connectivity index (χ1n) is 5.07. The number of rotatable bonds is 2. The first-order chi connectivity index (χ1) is 8.52. The molecule has 0 saturated heterocycles. The molecule has 0 saturated carbocycles. The Kier molecular flexibility index (Phi) is 3.34. The second kappa shape index (κ2) is 4.78. The number of hydrogen-bond donors (Lipinski definition) is 1. The molecule has 0 unspecified atom stereocenters. The molecule has 94 valence electrons. The van der Waals surface area contributed by atoms with Crippen LogP contribution in [0.3, 0.4) is 0 Å². The van der Waals surface area contributed by atoms with Crippen LogP contribution in [0, 0.1) is 23.3 Å². The van der Waals surface area contributed by atoms with E-state index in [0.29, 0.717) is 12.1 Å². The summed E-state index contributed by atoms with van der Waals surface area (Å²) in [6, 6.07) is 4.61. The van der Waals surface area contributed by atoms with Crippen molar-refractivity contribution in [1.82, 2.24) is 0 Å². The third-order valence-electron chi connectivity index (χ3n) is 2.54. The fourth-order valence-corrected chi connectivity index (χ4v) is 1.59. The van der Waals surface area contributed by atoms with Gasteiger partial charge in [0.05, 0.1) is 6.61 Å². The summed E-state index contributed by atoms with van der Waals surface area (Å²) in [7, 11) is 0. The highest BCUT2D eigenvalue weighted by molar-refractivity contribution is 5.64. The second-order valence-corrected chi connectivity index (χ2v) is 3.71. The summed E-state index contributed by atoms with van der Waals surface area (Å²) in [4.78, 5) is 0. The van der Waals surface area contributed by atoms with Crippen LogP contribution in [0.25, 0.3) is 11.1 Å². The lowest BCUT2D eigenvalue weighted by Gasteiger charge is -2.06. The van der Waals surface area contributed by atoms with Crippen molar-refractivity contribution in [2.75, 3.05) is 0 Å². The molecule has 2 aromatic rings. The van der Waals surface area contributed by atoms with E-state index in [2.05, 4.69) is 0 Å². The molecule has 0 bridgehead atoms. The number of halogens is 4. The molecule has 5 heteroatoms. The summed E-state index contributed by atoms with van der Waals surface area (Å²) in [5.74, 6) is -4.23. The molecule has 2 aromatic carbocycles. The maximum Gasteiger partial charge on any atom is 0.161 e. The number of benzene rings is 2. The molecular formula is C13H8F4O. The van der Waals surface area contributed by atoms with E-state index in [0.717, 1.165) is 6.07 Å². The van der Waals surface area contributed by atoms with Gasteiger partial charge in [-0.2, -0.15) is 0 Å². The van der Waals surface area contributed by atoms with Crippen LogP contribution in [-0.4, -0.2) is 5.11 Å². The molecule has 0 radical (unpaired) electrons. The lowest BCUT2D eigenvalue weighted by atomic mass is 10.0. The van der Waals surface area contributed by atoms with E-state index in [-0.39, 0.29) is 16.7 Å². The Hall–Kier alpha value is -1.88. The lowest BCUT2D eigenvalue weighted by molar-refractivity contribution is 0.276. The molecule has 18 heavy (non-hydrogen) atoms. The third-order valence-corrected chi connectivity index (χ3v) is 2.54. The van der Waals surface area contributed by atoms with Crippen LogP contribution in [-0.2, 0) is 6.61 Å². The fraction of sp³-hybridized carbons (Fsp3) is 0.0769. The molecule has 0 aromatic heterocycles. The van der Waals surface area contributed by atoms with Crippen LogP contribution in [0.1, 0.15) is 5.56 Å². The van der Waals surface area contributed by atoms with Gasteiger partial charge in [-0.15, -0.1) is 0 Å². The second-order valence-electron chi connectivity index (χ2n) is 3.71. The van der Waals surface area contributed by atoms with E-state index in [4.69, 9.17) is 5.11 Å². The molecule has 0 spiro atoms. The summed E-state index contributed by atoms with van der Waals surface area (Å²) in [5.41, 5.74) is -0.125. The summed E-state index contributed by atoms with van der Waals surface area (Å²) in [6.07, 6.45) is 0. The fourth-order valence-electron chi connectivity index (χ4n) is 1.59. The van der Waals surface area contributed by atoms with Gasteiger partial charge < -0.3 is 5.11 Å². The molecule has 0 aliphatic carbocycles. The third kappa shape index (κ3) is 2.22. The van der Waals surface area contributed by atoms with E-state index in [1.165, 1.54) is 12.1 Å². The zero-order valence-corrected chi connectivity index (χ0v) is 9.05. The average molecular weight is 256 g/mol. The minimum absolute atomic E-state index is 0.0433. The van der Waals surface area contributed by atoms with Gasteiger partial charge in [0.15, 0.2) is 11.6 Å². The van der Waals surface area contributed by atoms with Gasteiger partial charge >= 0.3 is 0 Å². The summed E-state index contributed by atoms with van der Waals surface area (Å²) < 4.78 is 52.6. The van der Waals surface area contributed by atoms with Gasteiger partial charge in [0.1, 0.15) is 11.6 Å². The van der Waals surface area contributed by atoms with Gasteiger partial charge in [-0.25, -0.2) is 17.6 Å². The van der Waals surface area contributed by atoms with Gasteiger partial charge in [-0.3, -0.25) is 0 Å². The molecule has 1 nitrogen and oxygen atoms in total. The number of aliphatic hydroxyl groups excluding tert-OH is 1. The molecule has 0 amide bonds. The van der Waals surface area contributed by atoms with Crippen LogP contribution in [0.2, 0.25) is 0 Å². The van der Waals surface area contributed by atoms with Crippen molar-refractivity contribution in [3.8, 4) is 11.1 Å². The maximum absolute atomic E-state index is 13.5. The highest BCUT2D eigenvalue weighted by Gasteiger charge is 2.13. The smallest absolute Gasteiger partial charge is 0.161 e. The van der Waals surface area contributed by atoms with Crippen molar-refractivity contribution in [1.29, 1.82) is 0 Å². The predicted molar refractivity (Wildman–Crippen MR) is 57.6 cm³/mol. The van der Waals surface area contributed by atoms with Crippen LogP contribution < -0.4 is 0 Å². The van der Waals surface area contributed by atoms with E-state index in [1.54, 1.807) is 0 Å². The highest BCUT2D eigenvalue weighted by Crippen LogP contribution is 2.26. The molecule has 0 heterocycles. The Morgan fingerprint density at radius 2 is 1.44 bits per heavy atom. The van der Waals surface area contributed by atoms with Crippen molar-refractivity contribution >= 4 is 0 Å². The van der Waals surface area contributed by atoms with E-state index >= 15 is 0 Å². The van der Waals surface area contributed by atoms with Crippen LogP contribution in [0.4, 0.5) is 17.6 Å². The molecule has 0 aliphatic rings. The van der Waals surface area contributed by atoms with E-state index in [9.17, 15) is 17.6 Å². The van der Waals surface area contributed by atoms with Gasteiger partial charge in [0.25, 0.3) is 0 Å². The predicted octanol–water partition coefficient (Wildman–Crippen LogP) is 3.40. The molecule has 2 rings (SSSR count). The summed E-state index contributed by atoms with van der Waals surface area (Å²) in [6.45, 7) is -0.494. The highest BCUT2D eigenvalue weighted by atomic mass is 19.2. The lowest BCUT2D eigenvalue weighted by Crippen LogP contribution is -1.94. The quantitative estimate of drug-likeness (QED) is 0.645. The van der Waals surface area contributed by atoms with Gasteiger partial charge in [0, 0.05) is 17.2 Å². The van der Waals surface area contributed by atoms with Gasteiger partial charge in [-0.1, -0.05) is 12.1 Å². The molecule has 1 N–H and O–H groups in total. The maximum atomic E-state index is 13.5. The minimum atomic E-state index is -1.30. The summed E-state index contributed by atoms with van der Waals surface area (Å²) in [5, 5.41) is 8.79. The Morgan fingerprint density at radius 3 is 2.06 bits per heavy atom. The normalized spacial score (nSPS) is 10.7. The first kappa shape index (κ1) is 12.6. The zero-order chi connectivity index (χ0) is 13.3. The van der Waals surface area contributed by atoms with E-state index in [1.807, 2.05) is 0 Å². The van der Waals surface area contributed by atoms with Crippen LogP contribution in [0.5, 0.6) is 0 Å². The van der Waals surface area contributed by atoms with Gasteiger partial charge in [0.2, 0.25) is 0 Å². The van der Waals surface area contributed by atoms with Crippen LogP contribution in [0.15, 0.2) is 30.3 Å². The van der Waals surface area contributed by atoms with Crippen molar-refractivity contribution in [2.45, 2.75) is 6.61 Å². The van der Waals surface area contributed by atoms with Crippen molar-refractivity contribution < 1.29 is 22.7 Å². The Balaban J connectivity index is 2.55. The monoisotopic (exact) mass is 256 g/mol. The summed E-state index contributed by atoms with van der Waals surface area (Å²) >= 11 is 0. The topological polar surface area (TPSA) is 20.2 Å². The van der Waals surface area contributed by atoms with Crippen molar-refractivity contribution in [2.24, 2.45) is 0 Å². The minimum Gasteiger partial charge on any atom is -0.392 e. The van der Waals surface area contributed by atoms with E-state index < -0.39 is 29.9 Å². The zero-order valence-electron chi connectivity index (χ0n) is 9.05. The average Bonchev–Trinajstić information content (AvgIpc) is 2.33. The Morgan fingerprint density at radius 1 is 0.778 bits per heavy atom. The Bertz CT molecular complexity index is 596. The number of aliphatic hydroxyl groups is 1. The first-order valence-corrected chi connectivity index (χ1v) is 5.07. The van der Waals surface area contributed by atoms with Crippen molar-refractivity contribution in [3.05, 3.63) is 59.2 Å².